The van der Waals surface area contributed by atoms with Crippen LogP contribution in [0.15, 0.2) is 42.5 Å². The average Bonchev–Trinajstić information content (AvgIpc) is 2.84. The maximum atomic E-state index is 12.4. The van der Waals surface area contributed by atoms with Gasteiger partial charge in [-0.3, -0.25) is 14.5 Å². The van der Waals surface area contributed by atoms with E-state index in [0.717, 1.165) is 11.1 Å². The molecular formula is C20H19NO4. The van der Waals surface area contributed by atoms with Gasteiger partial charge in [-0.05, 0) is 44.5 Å². The van der Waals surface area contributed by atoms with Crippen molar-refractivity contribution in [2.75, 3.05) is 0 Å². The molecule has 0 N–H and O–H groups in total. The van der Waals surface area contributed by atoms with Gasteiger partial charge in [-0.15, -0.1) is 0 Å². The van der Waals surface area contributed by atoms with Gasteiger partial charge in [0.25, 0.3) is 11.8 Å². The number of carbonyl (C=O) groups is 3. The Kier molecular flexibility index (Phi) is 4.40. The van der Waals surface area contributed by atoms with Crippen molar-refractivity contribution >= 4 is 17.8 Å². The van der Waals surface area contributed by atoms with E-state index in [1.807, 2.05) is 31.2 Å². The summed E-state index contributed by atoms with van der Waals surface area (Å²) >= 11 is 0. The Bertz CT molecular complexity index is 852. The van der Waals surface area contributed by atoms with Crippen LogP contribution in [0.5, 0.6) is 0 Å². The van der Waals surface area contributed by atoms with E-state index >= 15 is 0 Å². The van der Waals surface area contributed by atoms with Crippen molar-refractivity contribution in [1.29, 1.82) is 0 Å². The molecule has 5 nitrogen and oxygen atoms in total. The Morgan fingerprint density at radius 3 is 2.28 bits per heavy atom. The van der Waals surface area contributed by atoms with Crippen molar-refractivity contribution in [1.82, 2.24) is 4.90 Å². The van der Waals surface area contributed by atoms with Gasteiger partial charge >= 0.3 is 5.97 Å². The molecule has 5 heteroatoms. The highest BCUT2D eigenvalue weighted by atomic mass is 16.5. The predicted octanol–water partition coefficient (Wildman–Crippen LogP) is 3.36. The summed E-state index contributed by atoms with van der Waals surface area (Å²) in [5.41, 5.74) is 2.86. The summed E-state index contributed by atoms with van der Waals surface area (Å²) in [5.74, 6) is -1.22. The molecule has 0 saturated carbocycles. The molecule has 0 saturated heterocycles. The molecular weight excluding hydrogens is 318 g/mol. The van der Waals surface area contributed by atoms with Gasteiger partial charge in [0.05, 0.1) is 16.7 Å². The van der Waals surface area contributed by atoms with E-state index in [2.05, 4.69) is 0 Å². The number of aryl methyl sites for hydroxylation is 1. The number of hydrogen-bond acceptors (Lipinski definition) is 4. The van der Waals surface area contributed by atoms with Crippen molar-refractivity contribution < 1.29 is 19.1 Å². The fourth-order valence-corrected chi connectivity index (χ4v) is 2.77. The van der Waals surface area contributed by atoms with E-state index in [4.69, 9.17) is 4.74 Å². The summed E-state index contributed by atoms with van der Waals surface area (Å²) in [6.07, 6.45) is 0. The molecule has 1 aliphatic rings. The van der Waals surface area contributed by atoms with Gasteiger partial charge in [-0.25, -0.2) is 4.79 Å². The highest BCUT2D eigenvalue weighted by Crippen LogP contribution is 2.26. The molecule has 0 spiro atoms. The molecule has 0 aromatic heterocycles. The molecule has 2 amide bonds. The second kappa shape index (κ2) is 6.51. The number of carbonyl (C=O) groups excluding carboxylic acids is 3. The van der Waals surface area contributed by atoms with E-state index in [9.17, 15) is 14.4 Å². The van der Waals surface area contributed by atoms with Crippen molar-refractivity contribution in [3.8, 4) is 0 Å². The van der Waals surface area contributed by atoms with Gasteiger partial charge in [0.1, 0.15) is 6.61 Å². The fourth-order valence-electron chi connectivity index (χ4n) is 2.77. The molecule has 0 atom stereocenters. The van der Waals surface area contributed by atoms with Crippen LogP contribution in [0, 0.1) is 6.92 Å². The lowest BCUT2D eigenvalue weighted by Gasteiger charge is -2.17. The molecule has 25 heavy (non-hydrogen) atoms. The molecule has 0 aliphatic carbocycles. The van der Waals surface area contributed by atoms with E-state index in [1.165, 1.54) is 23.1 Å². The van der Waals surface area contributed by atoms with Gasteiger partial charge < -0.3 is 4.74 Å². The summed E-state index contributed by atoms with van der Waals surface area (Å²) in [5, 5.41) is 0. The Morgan fingerprint density at radius 1 is 1.00 bits per heavy atom. The molecule has 2 aromatic rings. The number of esters is 1. The molecule has 0 bridgehead atoms. The first-order valence-corrected chi connectivity index (χ1v) is 8.13. The minimum Gasteiger partial charge on any atom is -0.457 e. The third-order valence-electron chi connectivity index (χ3n) is 4.16. The van der Waals surface area contributed by atoms with Gasteiger partial charge in [-0.2, -0.15) is 0 Å². The van der Waals surface area contributed by atoms with Gasteiger partial charge in [0.15, 0.2) is 0 Å². The minimum atomic E-state index is -0.522. The number of imide groups is 1. The smallest absolute Gasteiger partial charge is 0.338 e. The van der Waals surface area contributed by atoms with E-state index in [1.54, 1.807) is 13.8 Å². The number of amides is 2. The highest BCUT2D eigenvalue weighted by Gasteiger charge is 2.37. The maximum Gasteiger partial charge on any atom is 0.338 e. The zero-order chi connectivity index (χ0) is 18.1. The zero-order valence-electron chi connectivity index (χ0n) is 14.4. The maximum absolute atomic E-state index is 12.4. The monoisotopic (exact) mass is 337 g/mol. The summed E-state index contributed by atoms with van der Waals surface area (Å²) in [7, 11) is 0. The lowest BCUT2D eigenvalue weighted by Crippen LogP contribution is -2.35. The third-order valence-corrected chi connectivity index (χ3v) is 4.16. The van der Waals surface area contributed by atoms with Gasteiger partial charge in [0.2, 0.25) is 0 Å². The summed E-state index contributed by atoms with van der Waals surface area (Å²) < 4.78 is 5.30. The Morgan fingerprint density at radius 2 is 1.64 bits per heavy atom. The Hall–Kier alpha value is -2.95. The SMILES string of the molecule is Cc1ccc(COC(=O)c2ccc3c(c2)C(=O)N(C(C)C)C3=O)cc1. The first-order valence-electron chi connectivity index (χ1n) is 8.13. The molecule has 3 rings (SSSR count). The van der Waals surface area contributed by atoms with Crippen LogP contribution in [0.2, 0.25) is 0 Å². The normalized spacial score (nSPS) is 13.4. The average molecular weight is 337 g/mol. The molecule has 1 heterocycles. The number of ether oxygens (including phenoxy) is 1. The Labute approximate surface area is 146 Å². The van der Waals surface area contributed by atoms with Crippen LogP contribution in [-0.4, -0.2) is 28.7 Å². The standard InChI is InChI=1S/C20H19NO4/c1-12(2)21-18(22)16-9-8-15(10-17(16)19(21)23)20(24)25-11-14-6-4-13(3)5-7-14/h4-10,12H,11H2,1-3H3. The largest absolute Gasteiger partial charge is 0.457 e. The van der Waals surface area contributed by atoms with Crippen LogP contribution in [0.3, 0.4) is 0 Å². The van der Waals surface area contributed by atoms with Crippen LogP contribution < -0.4 is 0 Å². The van der Waals surface area contributed by atoms with Gasteiger partial charge in [0, 0.05) is 6.04 Å². The number of nitrogens with zero attached hydrogens (tertiary/aromatic N) is 1. The molecule has 128 valence electrons. The zero-order valence-corrected chi connectivity index (χ0v) is 14.4. The van der Waals surface area contributed by atoms with Crippen molar-refractivity contribution in [2.45, 2.75) is 33.4 Å². The quantitative estimate of drug-likeness (QED) is 0.634. The summed E-state index contributed by atoms with van der Waals surface area (Å²) in [4.78, 5) is 38.1. The third kappa shape index (κ3) is 3.18. The first kappa shape index (κ1) is 16.9. The summed E-state index contributed by atoms with van der Waals surface area (Å²) in [6, 6.07) is 11.9. The second-order valence-electron chi connectivity index (χ2n) is 6.40. The first-order chi connectivity index (χ1) is 11.9. The van der Waals surface area contributed by atoms with E-state index in [-0.39, 0.29) is 35.6 Å². The van der Waals surface area contributed by atoms with Crippen LogP contribution in [0.4, 0.5) is 0 Å². The van der Waals surface area contributed by atoms with Crippen LogP contribution in [-0.2, 0) is 11.3 Å². The molecule has 0 unspecified atom stereocenters. The highest BCUT2D eigenvalue weighted by molar-refractivity contribution is 6.22. The minimum absolute atomic E-state index is 0.154. The molecule has 0 radical (unpaired) electrons. The number of rotatable bonds is 4. The summed E-state index contributed by atoms with van der Waals surface area (Å²) in [6.45, 7) is 5.69. The fraction of sp³-hybridized carbons (Fsp3) is 0.250. The van der Waals surface area contributed by atoms with Crippen molar-refractivity contribution in [3.63, 3.8) is 0 Å². The van der Waals surface area contributed by atoms with E-state index < -0.39 is 5.97 Å². The topological polar surface area (TPSA) is 63.7 Å². The number of benzene rings is 2. The van der Waals surface area contributed by atoms with Crippen molar-refractivity contribution in [2.24, 2.45) is 0 Å². The van der Waals surface area contributed by atoms with Crippen LogP contribution in [0.25, 0.3) is 0 Å². The van der Waals surface area contributed by atoms with E-state index in [0.29, 0.717) is 5.56 Å². The van der Waals surface area contributed by atoms with Gasteiger partial charge in [-0.1, -0.05) is 29.8 Å². The van der Waals surface area contributed by atoms with Crippen LogP contribution >= 0.6 is 0 Å². The molecule has 1 aliphatic heterocycles. The lowest BCUT2D eigenvalue weighted by molar-refractivity contribution is 0.0472. The molecule has 0 fully saturated rings. The Balaban J connectivity index is 1.76. The number of fused-ring (bicyclic) bond motifs is 1. The molecule has 2 aromatic carbocycles. The number of hydrogen-bond donors (Lipinski definition) is 0. The van der Waals surface area contributed by atoms with Crippen molar-refractivity contribution in [3.05, 3.63) is 70.3 Å². The second-order valence-corrected chi connectivity index (χ2v) is 6.40. The predicted molar refractivity (Wildman–Crippen MR) is 92.4 cm³/mol. The lowest BCUT2D eigenvalue weighted by atomic mass is 10.1. The van der Waals surface area contributed by atoms with Crippen LogP contribution in [0.1, 0.15) is 56.0 Å².